The second-order valence-electron chi connectivity index (χ2n) is 6.37. The van der Waals surface area contributed by atoms with Gasteiger partial charge < -0.3 is 20.1 Å². The molecular formula is C19H29Cl2N3O2. The van der Waals surface area contributed by atoms with Crippen LogP contribution in [-0.4, -0.2) is 52.0 Å². The molecule has 0 bridgehead atoms. The summed E-state index contributed by atoms with van der Waals surface area (Å²) >= 11 is 12.1. The lowest BCUT2D eigenvalue weighted by molar-refractivity contribution is 0.0893. The molecule has 0 amide bonds. The molecule has 1 unspecified atom stereocenters. The average Bonchev–Trinajstić information content (AvgIpc) is 3.10. The highest BCUT2D eigenvalue weighted by molar-refractivity contribution is 6.34. The van der Waals surface area contributed by atoms with Gasteiger partial charge in [0.2, 0.25) is 0 Å². The van der Waals surface area contributed by atoms with Crippen molar-refractivity contribution in [3.8, 4) is 0 Å². The Labute approximate surface area is 166 Å². The Bertz CT molecular complexity index is 543. The second-order valence-corrected chi connectivity index (χ2v) is 7.25. The summed E-state index contributed by atoms with van der Waals surface area (Å²) in [6, 6.07) is 5.62. The Morgan fingerprint density at radius 1 is 1.27 bits per heavy atom. The fourth-order valence-electron chi connectivity index (χ4n) is 2.74. The lowest BCUT2D eigenvalue weighted by atomic mass is 10.1. The van der Waals surface area contributed by atoms with Crippen LogP contribution in [0.1, 0.15) is 25.3 Å². The van der Waals surface area contributed by atoms with Crippen LogP contribution in [0.4, 0.5) is 0 Å². The summed E-state index contributed by atoms with van der Waals surface area (Å²) in [5.41, 5.74) is 1.11. The molecule has 1 aliphatic rings. The van der Waals surface area contributed by atoms with E-state index in [1.807, 2.05) is 12.1 Å². The minimum atomic E-state index is 0.567. The largest absolute Gasteiger partial charge is 0.381 e. The second kappa shape index (κ2) is 12.4. The van der Waals surface area contributed by atoms with Crippen molar-refractivity contribution in [2.45, 2.75) is 26.2 Å². The van der Waals surface area contributed by atoms with Crippen molar-refractivity contribution >= 4 is 29.2 Å². The van der Waals surface area contributed by atoms with Gasteiger partial charge in [0.25, 0.3) is 0 Å². The molecule has 1 aromatic carbocycles. The third-order valence-corrected chi connectivity index (χ3v) is 4.50. The van der Waals surface area contributed by atoms with E-state index in [9.17, 15) is 0 Å². The first-order valence-corrected chi connectivity index (χ1v) is 10.1. The van der Waals surface area contributed by atoms with Gasteiger partial charge in [-0.3, -0.25) is 4.99 Å². The highest BCUT2D eigenvalue weighted by Gasteiger charge is 2.15. The molecule has 0 radical (unpaired) electrons. The summed E-state index contributed by atoms with van der Waals surface area (Å²) < 4.78 is 11.0. The minimum absolute atomic E-state index is 0.567. The fourth-order valence-corrected chi connectivity index (χ4v) is 3.32. The lowest BCUT2D eigenvalue weighted by Crippen LogP contribution is -2.38. The van der Waals surface area contributed by atoms with Gasteiger partial charge in [-0.25, -0.2) is 0 Å². The molecule has 0 spiro atoms. The summed E-state index contributed by atoms with van der Waals surface area (Å²) in [5.74, 6) is 1.39. The SMILES string of the molecule is CCNC(=NCCCOCC1CCOC1)NCCc1cc(Cl)cc(Cl)c1. The van der Waals surface area contributed by atoms with Crippen LogP contribution in [0, 0.1) is 5.92 Å². The van der Waals surface area contributed by atoms with E-state index in [0.717, 1.165) is 76.8 Å². The highest BCUT2D eigenvalue weighted by atomic mass is 35.5. The Kier molecular flexibility index (Phi) is 10.1. The Morgan fingerprint density at radius 3 is 2.77 bits per heavy atom. The maximum absolute atomic E-state index is 6.03. The zero-order valence-electron chi connectivity index (χ0n) is 15.4. The fraction of sp³-hybridized carbons (Fsp3) is 0.632. The van der Waals surface area contributed by atoms with E-state index in [1.54, 1.807) is 6.07 Å². The van der Waals surface area contributed by atoms with Crippen molar-refractivity contribution in [1.82, 2.24) is 10.6 Å². The van der Waals surface area contributed by atoms with E-state index in [0.29, 0.717) is 16.0 Å². The van der Waals surface area contributed by atoms with Gasteiger partial charge in [-0.05, 0) is 49.9 Å². The molecule has 1 saturated heterocycles. The zero-order chi connectivity index (χ0) is 18.6. The number of ether oxygens (including phenoxy) is 2. The van der Waals surface area contributed by atoms with E-state index in [4.69, 9.17) is 32.7 Å². The predicted molar refractivity (Wildman–Crippen MR) is 109 cm³/mol. The van der Waals surface area contributed by atoms with Crippen molar-refractivity contribution in [2.24, 2.45) is 10.9 Å². The van der Waals surface area contributed by atoms with E-state index in [2.05, 4.69) is 22.5 Å². The van der Waals surface area contributed by atoms with Crippen LogP contribution < -0.4 is 10.6 Å². The van der Waals surface area contributed by atoms with Gasteiger partial charge in [0, 0.05) is 48.8 Å². The first kappa shape index (κ1) is 21.3. The Morgan fingerprint density at radius 2 is 2.08 bits per heavy atom. The minimum Gasteiger partial charge on any atom is -0.381 e. The summed E-state index contributed by atoms with van der Waals surface area (Å²) in [4.78, 5) is 4.59. The molecule has 2 rings (SSSR count). The average molecular weight is 402 g/mol. The van der Waals surface area contributed by atoms with Gasteiger partial charge in [0.05, 0.1) is 13.2 Å². The molecule has 1 aliphatic heterocycles. The van der Waals surface area contributed by atoms with Crippen molar-refractivity contribution in [3.63, 3.8) is 0 Å². The molecule has 1 aromatic rings. The molecule has 146 valence electrons. The van der Waals surface area contributed by atoms with Gasteiger partial charge in [0.15, 0.2) is 5.96 Å². The molecule has 1 heterocycles. The van der Waals surface area contributed by atoms with Gasteiger partial charge in [0.1, 0.15) is 0 Å². The maximum atomic E-state index is 6.03. The smallest absolute Gasteiger partial charge is 0.191 e. The van der Waals surface area contributed by atoms with Crippen LogP contribution in [0.3, 0.4) is 0 Å². The summed E-state index contributed by atoms with van der Waals surface area (Å²) in [6.45, 7) is 7.63. The first-order chi connectivity index (χ1) is 12.7. The third-order valence-electron chi connectivity index (χ3n) is 4.07. The monoisotopic (exact) mass is 401 g/mol. The number of halogens is 2. The quantitative estimate of drug-likeness (QED) is 0.357. The summed E-state index contributed by atoms with van der Waals surface area (Å²) in [5, 5.41) is 7.92. The molecule has 1 atom stereocenters. The topological polar surface area (TPSA) is 54.9 Å². The number of hydrogen-bond acceptors (Lipinski definition) is 3. The van der Waals surface area contributed by atoms with Crippen LogP contribution in [-0.2, 0) is 15.9 Å². The van der Waals surface area contributed by atoms with Gasteiger partial charge in [-0.1, -0.05) is 23.2 Å². The number of nitrogens with one attached hydrogen (secondary N) is 2. The summed E-state index contributed by atoms with van der Waals surface area (Å²) in [6.07, 6.45) is 2.86. The van der Waals surface area contributed by atoms with Crippen molar-refractivity contribution in [2.75, 3.05) is 46.1 Å². The maximum Gasteiger partial charge on any atom is 0.191 e. The molecule has 2 N–H and O–H groups in total. The van der Waals surface area contributed by atoms with Crippen LogP contribution in [0.2, 0.25) is 10.0 Å². The molecular weight excluding hydrogens is 373 g/mol. The van der Waals surface area contributed by atoms with E-state index >= 15 is 0 Å². The number of guanidine groups is 1. The third kappa shape index (κ3) is 8.58. The van der Waals surface area contributed by atoms with Gasteiger partial charge in [-0.15, -0.1) is 0 Å². The standard InChI is InChI=1S/C19H29Cl2N3O2/c1-2-22-19(23-6-3-8-25-13-16-5-9-26-14-16)24-7-4-15-10-17(20)12-18(21)11-15/h10-12,16H,2-9,13-14H2,1H3,(H2,22,23,24). The number of rotatable bonds is 10. The molecule has 26 heavy (non-hydrogen) atoms. The highest BCUT2D eigenvalue weighted by Crippen LogP contribution is 2.19. The summed E-state index contributed by atoms with van der Waals surface area (Å²) in [7, 11) is 0. The zero-order valence-corrected chi connectivity index (χ0v) is 16.9. The van der Waals surface area contributed by atoms with E-state index in [1.165, 1.54) is 0 Å². The lowest BCUT2D eigenvalue weighted by Gasteiger charge is -2.12. The number of hydrogen-bond donors (Lipinski definition) is 2. The van der Waals surface area contributed by atoms with Crippen molar-refractivity contribution in [1.29, 1.82) is 0 Å². The molecule has 7 heteroatoms. The Balaban J connectivity index is 1.63. The van der Waals surface area contributed by atoms with E-state index in [-0.39, 0.29) is 0 Å². The number of benzene rings is 1. The number of aliphatic imine (C=N–C) groups is 1. The molecule has 0 saturated carbocycles. The van der Waals surface area contributed by atoms with Crippen LogP contribution in [0.15, 0.2) is 23.2 Å². The van der Waals surface area contributed by atoms with Crippen molar-refractivity contribution < 1.29 is 9.47 Å². The molecule has 0 aromatic heterocycles. The van der Waals surface area contributed by atoms with Crippen LogP contribution in [0.25, 0.3) is 0 Å². The van der Waals surface area contributed by atoms with Crippen LogP contribution in [0.5, 0.6) is 0 Å². The van der Waals surface area contributed by atoms with E-state index < -0.39 is 0 Å². The van der Waals surface area contributed by atoms with Crippen molar-refractivity contribution in [3.05, 3.63) is 33.8 Å². The normalized spacial score (nSPS) is 17.5. The molecule has 1 fully saturated rings. The predicted octanol–water partition coefficient (Wildman–Crippen LogP) is 3.53. The van der Waals surface area contributed by atoms with Gasteiger partial charge in [-0.2, -0.15) is 0 Å². The Hall–Kier alpha value is -1.01. The molecule has 0 aliphatic carbocycles. The number of nitrogens with zero attached hydrogens (tertiary/aromatic N) is 1. The first-order valence-electron chi connectivity index (χ1n) is 9.30. The van der Waals surface area contributed by atoms with Crippen LogP contribution >= 0.6 is 23.2 Å². The molecule has 5 nitrogen and oxygen atoms in total. The van der Waals surface area contributed by atoms with Gasteiger partial charge >= 0.3 is 0 Å².